The molecule has 3 rings (SSSR count). The molecule has 7 heteroatoms. The molecule has 26 heavy (non-hydrogen) atoms. The van der Waals surface area contributed by atoms with Crippen molar-refractivity contribution < 1.29 is 4.79 Å². The summed E-state index contributed by atoms with van der Waals surface area (Å²) in [5.74, 6) is 1.80. The van der Waals surface area contributed by atoms with Gasteiger partial charge in [0.1, 0.15) is 11.6 Å². The lowest BCUT2D eigenvalue weighted by atomic mass is 9.95. The molecule has 2 aliphatic rings. The van der Waals surface area contributed by atoms with Gasteiger partial charge in [0.05, 0.1) is 18.3 Å². The van der Waals surface area contributed by atoms with E-state index in [1.54, 1.807) is 0 Å². The van der Waals surface area contributed by atoms with Gasteiger partial charge in [-0.25, -0.2) is 9.97 Å². The lowest BCUT2D eigenvalue weighted by molar-refractivity contribution is -0.123. The molecule has 3 N–H and O–H groups in total. The minimum absolute atomic E-state index is 0.121. The summed E-state index contributed by atoms with van der Waals surface area (Å²) < 4.78 is 0. The third kappa shape index (κ3) is 4.92. The number of nitrogens with one attached hydrogen (secondary N) is 3. The minimum atomic E-state index is 0.121. The number of rotatable bonds is 7. The molecule has 1 saturated carbocycles. The average molecular weight is 361 g/mol. The van der Waals surface area contributed by atoms with E-state index in [1.165, 1.54) is 19.3 Å². The zero-order chi connectivity index (χ0) is 18.4. The van der Waals surface area contributed by atoms with Crippen LogP contribution in [-0.4, -0.2) is 54.0 Å². The Bertz CT molecular complexity index is 602. The number of hydrogen-bond acceptors (Lipinski definition) is 6. The van der Waals surface area contributed by atoms with Crippen LogP contribution in [0.25, 0.3) is 0 Å². The Balaban J connectivity index is 1.65. The van der Waals surface area contributed by atoms with E-state index < -0.39 is 0 Å². The standard InChI is InChI=1S/C19H32N6O/c1-20-12-15-11-17(21-2)24-19(23-15)16-9-6-10-25(16)13-18(26)22-14-7-4-3-5-8-14/h11,14,16,20H,3-10,12-13H2,1-2H3,(H,22,26)(H,21,23,24)/t16-/m1/s1. The SMILES string of the molecule is CNCc1cc(NC)nc([C@H]2CCCN2CC(=O)NC2CCCCC2)n1. The first-order valence-electron chi connectivity index (χ1n) is 9.93. The summed E-state index contributed by atoms with van der Waals surface area (Å²) in [4.78, 5) is 24.2. The second kappa shape index (κ2) is 9.28. The molecule has 0 spiro atoms. The quantitative estimate of drug-likeness (QED) is 0.688. The monoisotopic (exact) mass is 360 g/mol. The Hall–Kier alpha value is -1.73. The molecule has 0 radical (unpaired) electrons. The van der Waals surface area contributed by atoms with Crippen LogP contribution in [0.15, 0.2) is 6.07 Å². The van der Waals surface area contributed by atoms with Crippen molar-refractivity contribution in [1.29, 1.82) is 0 Å². The highest BCUT2D eigenvalue weighted by Gasteiger charge is 2.30. The summed E-state index contributed by atoms with van der Waals surface area (Å²) in [6.45, 7) is 2.08. The predicted octanol–water partition coefficient (Wildman–Crippen LogP) is 1.82. The van der Waals surface area contributed by atoms with Gasteiger partial charge in [0.25, 0.3) is 0 Å². The van der Waals surface area contributed by atoms with Crippen LogP contribution in [-0.2, 0) is 11.3 Å². The van der Waals surface area contributed by atoms with E-state index in [0.29, 0.717) is 19.1 Å². The molecular weight excluding hydrogens is 328 g/mol. The molecule has 1 saturated heterocycles. The van der Waals surface area contributed by atoms with E-state index in [9.17, 15) is 4.79 Å². The minimum Gasteiger partial charge on any atom is -0.373 e. The van der Waals surface area contributed by atoms with Crippen LogP contribution in [0.4, 0.5) is 5.82 Å². The number of amides is 1. The number of carbonyl (C=O) groups excluding carboxylic acids is 1. The normalized spacial score (nSPS) is 21.7. The van der Waals surface area contributed by atoms with E-state index in [-0.39, 0.29) is 11.9 Å². The van der Waals surface area contributed by atoms with Gasteiger partial charge in [-0.1, -0.05) is 19.3 Å². The number of likely N-dealkylation sites (tertiary alicyclic amines) is 1. The molecular formula is C19H32N6O. The third-order valence-electron chi connectivity index (χ3n) is 5.39. The summed E-state index contributed by atoms with van der Waals surface area (Å²) in [6, 6.07) is 2.45. The maximum Gasteiger partial charge on any atom is 0.234 e. The zero-order valence-electron chi connectivity index (χ0n) is 16.1. The summed E-state index contributed by atoms with van der Waals surface area (Å²) >= 11 is 0. The van der Waals surface area contributed by atoms with Gasteiger partial charge in [0.15, 0.2) is 0 Å². The summed E-state index contributed by atoms with van der Waals surface area (Å²) in [5, 5.41) is 9.50. The Labute approximate surface area is 156 Å². The maximum absolute atomic E-state index is 12.5. The zero-order valence-corrected chi connectivity index (χ0v) is 16.1. The Morgan fingerprint density at radius 1 is 1.15 bits per heavy atom. The van der Waals surface area contributed by atoms with E-state index in [4.69, 9.17) is 4.98 Å². The number of anilines is 1. The summed E-state index contributed by atoms with van der Waals surface area (Å²) in [5.41, 5.74) is 0.973. The van der Waals surface area contributed by atoms with Crippen LogP contribution < -0.4 is 16.0 Å². The van der Waals surface area contributed by atoms with Crippen LogP contribution >= 0.6 is 0 Å². The van der Waals surface area contributed by atoms with Gasteiger partial charge in [0, 0.05) is 25.7 Å². The Morgan fingerprint density at radius 2 is 1.96 bits per heavy atom. The molecule has 0 aromatic carbocycles. The molecule has 0 unspecified atom stereocenters. The fourth-order valence-corrected chi connectivity index (χ4v) is 4.08. The van der Waals surface area contributed by atoms with Crippen LogP contribution in [0.1, 0.15) is 62.5 Å². The van der Waals surface area contributed by atoms with Crippen molar-refractivity contribution in [2.75, 3.05) is 32.5 Å². The average Bonchev–Trinajstić information content (AvgIpc) is 3.10. The Morgan fingerprint density at radius 3 is 2.69 bits per heavy atom. The van der Waals surface area contributed by atoms with Crippen molar-refractivity contribution in [3.05, 3.63) is 17.6 Å². The van der Waals surface area contributed by atoms with Crippen molar-refractivity contribution in [2.24, 2.45) is 0 Å². The molecule has 1 atom stereocenters. The summed E-state index contributed by atoms with van der Waals surface area (Å²) in [7, 11) is 3.79. The van der Waals surface area contributed by atoms with Gasteiger partial charge in [-0.2, -0.15) is 0 Å². The van der Waals surface area contributed by atoms with Crippen LogP contribution in [0.2, 0.25) is 0 Å². The molecule has 7 nitrogen and oxygen atoms in total. The lowest BCUT2D eigenvalue weighted by Gasteiger charge is -2.26. The first-order valence-corrected chi connectivity index (χ1v) is 9.93. The van der Waals surface area contributed by atoms with Gasteiger partial charge in [0.2, 0.25) is 5.91 Å². The number of aromatic nitrogens is 2. The first kappa shape index (κ1) is 19.0. The van der Waals surface area contributed by atoms with Gasteiger partial charge < -0.3 is 16.0 Å². The van der Waals surface area contributed by atoms with Gasteiger partial charge in [-0.3, -0.25) is 9.69 Å². The van der Waals surface area contributed by atoms with E-state index >= 15 is 0 Å². The molecule has 2 heterocycles. The molecule has 1 aliphatic heterocycles. The fourth-order valence-electron chi connectivity index (χ4n) is 4.08. The number of hydrogen-bond donors (Lipinski definition) is 3. The van der Waals surface area contributed by atoms with Gasteiger partial charge in [-0.15, -0.1) is 0 Å². The van der Waals surface area contributed by atoms with Crippen molar-refractivity contribution >= 4 is 11.7 Å². The topological polar surface area (TPSA) is 82.2 Å². The Kier molecular flexibility index (Phi) is 6.80. The van der Waals surface area contributed by atoms with Crippen molar-refractivity contribution in [1.82, 2.24) is 25.5 Å². The lowest BCUT2D eigenvalue weighted by Crippen LogP contribution is -2.42. The predicted molar refractivity (Wildman–Crippen MR) is 103 cm³/mol. The highest BCUT2D eigenvalue weighted by Crippen LogP contribution is 2.30. The molecule has 1 aromatic heterocycles. The molecule has 0 bridgehead atoms. The fraction of sp³-hybridized carbons (Fsp3) is 0.737. The maximum atomic E-state index is 12.5. The third-order valence-corrected chi connectivity index (χ3v) is 5.39. The van der Waals surface area contributed by atoms with Gasteiger partial charge in [-0.05, 0) is 39.3 Å². The first-order chi connectivity index (χ1) is 12.7. The van der Waals surface area contributed by atoms with E-state index in [1.807, 2.05) is 20.2 Å². The smallest absolute Gasteiger partial charge is 0.234 e. The second-order valence-corrected chi connectivity index (χ2v) is 7.41. The largest absolute Gasteiger partial charge is 0.373 e. The summed E-state index contributed by atoms with van der Waals surface area (Å²) in [6.07, 6.45) is 8.09. The van der Waals surface area contributed by atoms with Crippen LogP contribution in [0.5, 0.6) is 0 Å². The highest BCUT2D eigenvalue weighted by molar-refractivity contribution is 5.78. The number of nitrogens with zero attached hydrogens (tertiary/aromatic N) is 3. The van der Waals surface area contributed by atoms with Crippen LogP contribution in [0, 0.1) is 0 Å². The van der Waals surface area contributed by atoms with E-state index in [2.05, 4.69) is 25.8 Å². The molecule has 144 valence electrons. The van der Waals surface area contributed by atoms with Crippen molar-refractivity contribution in [3.63, 3.8) is 0 Å². The van der Waals surface area contributed by atoms with Crippen molar-refractivity contribution in [2.45, 2.75) is 63.6 Å². The second-order valence-electron chi connectivity index (χ2n) is 7.41. The molecule has 1 aromatic rings. The molecule has 1 amide bonds. The van der Waals surface area contributed by atoms with Crippen LogP contribution in [0.3, 0.4) is 0 Å². The van der Waals surface area contributed by atoms with E-state index in [0.717, 1.165) is 49.6 Å². The van der Waals surface area contributed by atoms with Crippen molar-refractivity contribution in [3.8, 4) is 0 Å². The highest BCUT2D eigenvalue weighted by atomic mass is 16.2. The number of carbonyl (C=O) groups is 1. The molecule has 1 aliphatic carbocycles. The molecule has 2 fully saturated rings. The van der Waals surface area contributed by atoms with Gasteiger partial charge >= 0.3 is 0 Å².